The van der Waals surface area contributed by atoms with E-state index >= 15 is 0 Å². The second kappa shape index (κ2) is 7.98. The highest BCUT2D eigenvalue weighted by molar-refractivity contribution is 7.11. The van der Waals surface area contributed by atoms with Gasteiger partial charge in [0.1, 0.15) is 12.4 Å². The summed E-state index contributed by atoms with van der Waals surface area (Å²) in [5.74, 6) is -1.75. The lowest BCUT2D eigenvalue weighted by Crippen LogP contribution is -2.23. The number of hydrogen-bond acceptors (Lipinski definition) is 4. The molecular formula is C18H20ClF2NO2S. The summed E-state index contributed by atoms with van der Waals surface area (Å²) < 4.78 is 37.8. The summed E-state index contributed by atoms with van der Waals surface area (Å²) in [7, 11) is 1.61. The quantitative estimate of drug-likeness (QED) is 0.626. The van der Waals surface area contributed by atoms with Gasteiger partial charge in [0.15, 0.2) is 0 Å². The summed E-state index contributed by atoms with van der Waals surface area (Å²) in [6.07, 6.45) is 0.819. The van der Waals surface area contributed by atoms with Gasteiger partial charge in [0.25, 0.3) is 0 Å². The molecule has 0 unspecified atom stereocenters. The van der Waals surface area contributed by atoms with Crippen molar-refractivity contribution in [1.82, 2.24) is 4.98 Å². The van der Waals surface area contributed by atoms with Gasteiger partial charge in [-0.15, -0.1) is 11.3 Å². The molecule has 1 aliphatic rings. The molecule has 1 aliphatic carbocycles. The zero-order valence-corrected chi connectivity index (χ0v) is 15.5. The Hall–Kier alpha value is -1.24. The topological polar surface area (TPSA) is 31.4 Å². The number of rotatable bonds is 6. The molecule has 1 saturated carbocycles. The molecule has 0 amide bonds. The first kappa shape index (κ1) is 18.5. The number of methoxy groups -OCH3 is 1. The second-order valence-electron chi connectivity index (χ2n) is 6.23. The molecule has 0 aliphatic heterocycles. The monoisotopic (exact) mass is 387 g/mol. The molecule has 136 valence electrons. The SMILES string of the molecule is COCc1nc(C2CCC(F)(F)CC2)sc1COc1cccc(Cl)c1. The molecular weight excluding hydrogens is 368 g/mol. The van der Waals surface area contributed by atoms with E-state index in [9.17, 15) is 8.78 Å². The number of halogens is 3. The van der Waals surface area contributed by atoms with Crippen LogP contribution < -0.4 is 4.74 Å². The smallest absolute Gasteiger partial charge is 0.248 e. The Morgan fingerprint density at radius 2 is 2.04 bits per heavy atom. The first-order valence-corrected chi connectivity index (χ1v) is 9.40. The average Bonchev–Trinajstić information content (AvgIpc) is 2.96. The molecule has 1 aromatic carbocycles. The van der Waals surface area contributed by atoms with E-state index in [0.29, 0.717) is 36.8 Å². The first-order chi connectivity index (χ1) is 12.0. The van der Waals surface area contributed by atoms with Crippen LogP contribution in [0.15, 0.2) is 24.3 Å². The van der Waals surface area contributed by atoms with E-state index in [-0.39, 0.29) is 18.8 Å². The fourth-order valence-corrected chi connectivity index (χ4v) is 4.26. The number of benzene rings is 1. The molecule has 1 heterocycles. The normalized spacial score (nSPS) is 17.6. The number of alkyl halides is 2. The molecule has 7 heteroatoms. The van der Waals surface area contributed by atoms with Crippen LogP contribution in [0.2, 0.25) is 5.02 Å². The van der Waals surface area contributed by atoms with E-state index in [4.69, 9.17) is 21.1 Å². The van der Waals surface area contributed by atoms with Gasteiger partial charge in [-0.25, -0.2) is 13.8 Å². The maximum Gasteiger partial charge on any atom is 0.248 e. The van der Waals surface area contributed by atoms with Crippen LogP contribution in [-0.4, -0.2) is 18.0 Å². The molecule has 0 radical (unpaired) electrons. The molecule has 0 N–H and O–H groups in total. The minimum atomic E-state index is -2.53. The molecule has 3 rings (SSSR count). The summed E-state index contributed by atoms with van der Waals surface area (Å²) in [5, 5.41) is 1.52. The molecule has 0 spiro atoms. The van der Waals surface area contributed by atoms with Gasteiger partial charge in [-0.2, -0.15) is 0 Å². The third-order valence-corrected chi connectivity index (χ3v) is 5.78. The van der Waals surface area contributed by atoms with E-state index < -0.39 is 5.92 Å². The summed E-state index contributed by atoms with van der Waals surface area (Å²) in [5.41, 5.74) is 0.821. The Kier molecular flexibility index (Phi) is 5.92. The molecule has 2 aromatic rings. The molecule has 1 aromatic heterocycles. The van der Waals surface area contributed by atoms with E-state index in [1.54, 1.807) is 19.2 Å². The van der Waals surface area contributed by atoms with E-state index in [1.807, 2.05) is 12.1 Å². The zero-order valence-electron chi connectivity index (χ0n) is 13.9. The van der Waals surface area contributed by atoms with Crippen molar-refractivity contribution in [3.8, 4) is 5.75 Å². The number of ether oxygens (including phenoxy) is 2. The second-order valence-corrected chi connectivity index (χ2v) is 7.78. The average molecular weight is 388 g/mol. The summed E-state index contributed by atoms with van der Waals surface area (Å²) in [6, 6.07) is 7.21. The Morgan fingerprint density at radius 3 is 2.72 bits per heavy atom. The summed E-state index contributed by atoms with van der Waals surface area (Å²) >= 11 is 7.50. The third kappa shape index (κ3) is 4.90. The fraction of sp³-hybridized carbons (Fsp3) is 0.500. The van der Waals surface area contributed by atoms with Crippen molar-refractivity contribution in [2.24, 2.45) is 0 Å². The predicted octanol–water partition coefficient (Wildman–Crippen LogP) is 5.81. The fourth-order valence-electron chi connectivity index (χ4n) is 2.93. The van der Waals surface area contributed by atoms with Crippen LogP contribution in [0.3, 0.4) is 0 Å². The van der Waals surface area contributed by atoms with Crippen LogP contribution in [0.5, 0.6) is 5.75 Å². The van der Waals surface area contributed by atoms with Crippen molar-refractivity contribution in [3.63, 3.8) is 0 Å². The number of nitrogens with zero attached hydrogens (tertiary/aromatic N) is 1. The minimum Gasteiger partial charge on any atom is -0.488 e. The molecule has 3 nitrogen and oxygen atoms in total. The van der Waals surface area contributed by atoms with Crippen LogP contribution in [0.25, 0.3) is 0 Å². The van der Waals surface area contributed by atoms with Gasteiger partial charge in [-0.3, -0.25) is 0 Å². The Labute approximate surface area is 154 Å². The third-order valence-electron chi connectivity index (χ3n) is 4.31. The van der Waals surface area contributed by atoms with Gasteiger partial charge in [0, 0.05) is 30.9 Å². The maximum atomic E-state index is 13.4. The largest absolute Gasteiger partial charge is 0.488 e. The van der Waals surface area contributed by atoms with Crippen molar-refractivity contribution in [2.45, 2.75) is 50.7 Å². The van der Waals surface area contributed by atoms with Gasteiger partial charge < -0.3 is 9.47 Å². The highest BCUT2D eigenvalue weighted by atomic mass is 35.5. The van der Waals surface area contributed by atoms with Gasteiger partial charge in [-0.05, 0) is 31.0 Å². The van der Waals surface area contributed by atoms with Crippen LogP contribution in [0.4, 0.5) is 8.78 Å². The maximum absolute atomic E-state index is 13.4. The zero-order chi connectivity index (χ0) is 17.9. The van der Waals surface area contributed by atoms with Crippen molar-refractivity contribution < 1.29 is 18.3 Å². The van der Waals surface area contributed by atoms with Gasteiger partial charge >= 0.3 is 0 Å². The van der Waals surface area contributed by atoms with E-state index in [1.165, 1.54) is 11.3 Å². The minimum absolute atomic E-state index is 0.0643. The molecule has 0 saturated heterocycles. The van der Waals surface area contributed by atoms with Crippen LogP contribution in [0, 0.1) is 0 Å². The Bertz CT molecular complexity index is 713. The highest BCUT2D eigenvalue weighted by Crippen LogP contribution is 2.42. The first-order valence-electron chi connectivity index (χ1n) is 8.20. The molecule has 0 atom stereocenters. The Balaban J connectivity index is 1.71. The number of hydrogen-bond donors (Lipinski definition) is 0. The van der Waals surface area contributed by atoms with E-state index in [2.05, 4.69) is 4.98 Å². The van der Waals surface area contributed by atoms with Crippen LogP contribution >= 0.6 is 22.9 Å². The van der Waals surface area contributed by atoms with Crippen molar-refractivity contribution in [2.75, 3.05) is 7.11 Å². The van der Waals surface area contributed by atoms with Gasteiger partial charge in [0.2, 0.25) is 5.92 Å². The summed E-state index contributed by atoms with van der Waals surface area (Å²) in [6.45, 7) is 0.743. The summed E-state index contributed by atoms with van der Waals surface area (Å²) in [4.78, 5) is 5.61. The lowest BCUT2D eigenvalue weighted by molar-refractivity contribution is -0.0382. The lowest BCUT2D eigenvalue weighted by Gasteiger charge is -2.26. The Morgan fingerprint density at radius 1 is 1.28 bits per heavy atom. The predicted molar refractivity (Wildman–Crippen MR) is 94.8 cm³/mol. The number of thiazole rings is 1. The standard InChI is InChI=1S/C18H20ClF2NO2S/c1-23-10-15-16(11-24-14-4-2-3-13(19)9-14)25-17(22-15)12-5-7-18(20,21)8-6-12/h2-4,9,12H,5-8,10-11H2,1H3. The molecule has 0 bridgehead atoms. The van der Waals surface area contributed by atoms with Gasteiger partial charge in [0.05, 0.1) is 22.2 Å². The van der Waals surface area contributed by atoms with Crippen LogP contribution in [0.1, 0.15) is 47.2 Å². The van der Waals surface area contributed by atoms with Gasteiger partial charge in [-0.1, -0.05) is 17.7 Å². The molecule has 25 heavy (non-hydrogen) atoms. The van der Waals surface area contributed by atoms with Crippen molar-refractivity contribution in [3.05, 3.63) is 44.9 Å². The lowest BCUT2D eigenvalue weighted by atomic mass is 9.87. The molecule has 1 fully saturated rings. The van der Waals surface area contributed by atoms with E-state index in [0.717, 1.165) is 15.6 Å². The number of aromatic nitrogens is 1. The van der Waals surface area contributed by atoms with Crippen LogP contribution in [-0.2, 0) is 18.0 Å². The highest BCUT2D eigenvalue weighted by Gasteiger charge is 2.36. The van der Waals surface area contributed by atoms with Crippen molar-refractivity contribution >= 4 is 22.9 Å². The van der Waals surface area contributed by atoms with Crippen molar-refractivity contribution in [1.29, 1.82) is 0 Å².